The molecule has 0 saturated heterocycles. The molecule has 0 bridgehead atoms. The van der Waals surface area contributed by atoms with Crippen LogP contribution in [0.1, 0.15) is 25.7 Å². The molecule has 0 spiro atoms. The summed E-state index contributed by atoms with van der Waals surface area (Å²) in [4.78, 5) is 11.8. The molecular weight excluding hydrogens is 212 g/mol. The van der Waals surface area contributed by atoms with E-state index in [0.29, 0.717) is 24.8 Å². The highest BCUT2D eigenvalue weighted by atomic mass is 16.5. The highest BCUT2D eigenvalue weighted by Gasteiger charge is 2.14. The van der Waals surface area contributed by atoms with E-state index >= 15 is 0 Å². The summed E-state index contributed by atoms with van der Waals surface area (Å²) in [6, 6.07) is 0. The standard InChI is InChI=1S/C15H20O2/c1-5-9-12-14(15(16)17-8-4)13(10-6-2)11-7-3/h5-8H,1-4,9-12H2. The topological polar surface area (TPSA) is 26.3 Å². The molecule has 0 saturated carbocycles. The van der Waals surface area contributed by atoms with Gasteiger partial charge in [0.1, 0.15) is 0 Å². The van der Waals surface area contributed by atoms with Crippen LogP contribution in [0.3, 0.4) is 0 Å². The van der Waals surface area contributed by atoms with Crippen molar-refractivity contribution in [2.75, 3.05) is 0 Å². The zero-order valence-corrected chi connectivity index (χ0v) is 10.3. The van der Waals surface area contributed by atoms with Crippen molar-refractivity contribution >= 4 is 5.97 Å². The first-order valence-electron chi connectivity index (χ1n) is 5.56. The van der Waals surface area contributed by atoms with Crippen LogP contribution in [-0.2, 0) is 9.53 Å². The predicted molar refractivity (Wildman–Crippen MR) is 72.4 cm³/mol. The summed E-state index contributed by atoms with van der Waals surface area (Å²) in [6.07, 6.45) is 9.14. The molecule has 0 radical (unpaired) electrons. The third-order valence-corrected chi connectivity index (χ3v) is 2.24. The van der Waals surface area contributed by atoms with E-state index in [4.69, 9.17) is 4.74 Å². The van der Waals surface area contributed by atoms with Crippen LogP contribution in [-0.4, -0.2) is 5.97 Å². The second-order valence-corrected chi connectivity index (χ2v) is 3.47. The quantitative estimate of drug-likeness (QED) is 0.259. The second kappa shape index (κ2) is 9.40. The summed E-state index contributed by atoms with van der Waals surface area (Å²) >= 11 is 0. The van der Waals surface area contributed by atoms with Crippen molar-refractivity contribution in [3.8, 4) is 0 Å². The third-order valence-electron chi connectivity index (χ3n) is 2.24. The maximum absolute atomic E-state index is 11.8. The van der Waals surface area contributed by atoms with Gasteiger partial charge in [0.15, 0.2) is 0 Å². The Hall–Kier alpha value is -1.83. The highest BCUT2D eigenvalue weighted by molar-refractivity contribution is 5.89. The molecule has 0 N–H and O–H groups in total. The molecule has 0 aliphatic carbocycles. The van der Waals surface area contributed by atoms with Gasteiger partial charge >= 0.3 is 5.97 Å². The minimum absolute atomic E-state index is 0.347. The van der Waals surface area contributed by atoms with Crippen molar-refractivity contribution in [1.29, 1.82) is 0 Å². The van der Waals surface area contributed by atoms with Crippen molar-refractivity contribution in [3.05, 3.63) is 62.0 Å². The van der Waals surface area contributed by atoms with Crippen molar-refractivity contribution in [1.82, 2.24) is 0 Å². The zero-order chi connectivity index (χ0) is 13.1. The maximum Gasteiger partial charge on any atom is 0.338 e. The van der Waals surface area contributed by atoms with Crippen LogP contribution >= 0.6 is 0 Å². The van der Waals surface area contributed by atoms with Gasteiger partial charge in [0.25, 0.3) is 0 Å². The Bertz CT molecular complexity index is 323. The van der Waals surface area contributed by atoms with Crippen LogP contribution < -0.4 is 0 Å². The van der Waals surface area contributed by atoms with Gasteiger partial charge in [-0.3, -0.25) is 0 Å². The van der Waals surface area contributed by atoms with E-state index in [2.05, 4.69) is 26.3 Å². The fourth-order valence-electron chi connectivity index (χ4n) is 1.49. The Morgan fingerprint density at radius 3 is 2.00 bits per heavy atom. The molecule has 0 aromatic heterocycles. The molecule has 0 fully saturated rings. The van der Waals surface area contributed by atoms with E-state index in [1.165, 1.54) is 0 Å². The Morgan fingerprint density at radius 1 is 1.00 bits per heavy atom. The van der Waals surface area contributed by atoms with Gasteiger partial charge in [-0.05, 0) is 25.7 Å². The zero-order valence-electron chi connectivity index (χ0n) is 10.3. The lowest BCUT2D eigenvalue weighted by Crippen LogP contribution is -2.07. The van der Waals surface area contributed by atoms with Crippen molar-refractivity contribution in [2.24, 2.45) is 0 Å². The number of hydrogen-bond acceptors (Lipinski definition) is 2. The molecule has 17 heavy (non-hydrogen) atoms. The summed E-state index contributed by atoms with van der Waals surface area (Å²) in [7, 11) is 0. The van der Waals surface area contributed by atoms with Gasteiger partial charge in [-0.25, -0.2) is 4.79 Å². The lowest BCUT2D eigenvalue weighted by molar-refractivity contribution is -0.133. The maximum atomic E-state index is 11.8. The van der Waals surface area contributed by atoms with Crippen LogP contribution in [0.2, 0.25) is 0 Å². The summed E-state index contributed by atoms with van der Waals surface area (Å²) in [5.41, 5.74) is 1.66. The van der Waals surface area contributed by atoms with Crippen molar-refractivity contribution < 1.29 is 9.53 Å². The molecule has 0 unspecified atom stereocenters. The van der Waals surface area contributed by atoms with Crippen LogP contribution in [0.5, 0.6) is 0 Å². The number of hydrogen-bond donors (Lipinski definition) is 0. The number of carbonyl (C=O) groups excluding carboxylic acids is 1. The van der Waals surface area contributed by atoms with Crippen molar-refractivity contribution in [3.63, 3.8) is 0 Å². The lowest BCUT2D eigenvalue weighted by Gasteiger charge is -2.10. The molecular formula is C15H20O2. The molecule has 0 amide bonds. The number of ether oxygens (including phenoxy) is 1. The first-order valence-corrected chi connectivity index (χ1v) is 5.56. The van der Waals surface area contributed by atoms with Crippen LogP contribution in [0.25, 0.3) is 0 Å². The van der Waals surface area contributed by atoms with E-state index in [-0.39, 0.29) is 5.97 Å². The molecule has 0 atom stereocenters. The number of allylic oxidation sites excluding steroid dienone is 4. The molecule has 0 heterocycles. The highest BCUT2D eigenvalue weighted by Crippen LogP contribution is 2.20. The minimum atomic E-state index is -0.347. The van der Waals surface area contributed by atoms with E-state index in [9.17, 15) is 4.79 Å². The molecule has 92 valence electrons. The van der Waals surface area contributed by atoms with Gasteiger partial charge in [0.05, 0.1) is 6.26 Å². The SMILES string of the molecule is C=CCCC(C(=O)OC=C)=C(CC=C)CC=C. The Balaban J connectivity index is 5.14. The van der Waals surface area contributed by atoms with Gasteiger partial charge in [0.2, 0.25) is 0 Å². The van der Waals surface area contributed by atoms with Gasteiger partial charge in [-0.15, -0.1) is 19.7 Å². The van der Waals surface area contributed by atoms with Crippen LogP contribution in [0, 0.1) is 0 Å². The second-order valence-electron chi connectivity index (χ2n) is 3.47. The van der Waals surface area contributed by atoms with Gasteiger partial charge in [0, 0.05) is 5.57 Å². The molecule has 0 aromatic rings. The number of rotatable bonds is 9. The summed E-state index contributed by atoms with van der Waals surface area (Å²) in [5.74, 6) is -0.347. The number of carbonyl (C=O) groups is 1. The molecule has 2 heteroatoms. The predicted octanol–water partition coefficient (Wildman–Crippen LogP) is 4.09. The molecule has 0 aliphatic rings. The summed E-state index contributed by atoms with van der Waals surface area (Å²) in [5, 5.41) is 0. The Kier molecular flexibility index (Phi) is 8.39. The smallest absolute Gasteiger partial charge is 0.338 e. The van der Waals surface area contributed by atoms with E-state index in [1.807, 2.05) is 0 Å². The Morgan fingerprint density at radius 2 is 1.59 bits per heavy atom. The largest absolute Gasteiger partial charge is 0.432 e. The van der Waals surface area contributed by atoms with Gasteiger partial charge in [-0.1, -0.05) is 30.4 Å². The first-order chi connectivity index (χ1) is 8.21. The summed E-state index contributed by atoms with van der Waals surface area (Å²) < 4.78 is 4.84. The molecule has 2 nitrogen and oxygen atoms in total. The monoisotopic (exact) mass is 232 g/mol. The summed E-state index contributed by atoms with van der Waals surface area (Å²) in [6.45, 7) is 14.4. The fraction of sp³-hybridized carbons (Fsp3) is 0.267. The van der Waals surface area contributed by atoms with Crippen molar-refractivity contribution in [2.45, 2.75) is 25.7 Å². The van der Waals surface area contributed by atoms with E-state index < -0.39 is 0 Å². The van der Waals surface area contributed by atoms with Crippen LogP contribution in [0.4, 0.5) is 0 Å². The average Bonchev–Trinajstić information content (AvgIpc) is 2.30. The van der Waals surface area contributed by atoms with E-state index in [1.54, 1.807) is 18.2 Å². The Labute approximate surface area is 104 Å². The molecule has 0 aliphatic heterocycles. The molecule has 0 rings (SSSR count). The minimum Gasteiger partial charge on any atom is -0.432 e. The molecule has 0 aromatic carbocycles. The third kappa shape index (κ3) is 5.71. The average molecular weight is 232 g/mol. The van der Waals surface area contributed by atoms with E-state index in [0.717, 1.165) is 18.3 Å². The van der Waals surface area contributed by atoms with Gasteiger partial charge in [-0.2, -0.15) is 0 Å². The van der Waals surface area contributed by atoms with Gasteiger partial charge < -0.3 is 4.74 Å². The normalized spacial score (nSPS) is 8.94. The first kappa shape index (κ1) is 15.2. The lowest BCUT2D eigenvalue weighted by atomic mass is 9.98. The number of esters is 1. The fourth-order valence-corrected chi connectivity index (χ4v) is 1.49. The van der Waals surface area contributed by atoms with Crippen LogP contribution in [0.15, 0.2) is 62.0 Å².